The highest BCUT2D eigenvalue weighted by molar-refractivity contribution is 5.78. The molecule has 0 aliphatic carbocycles. The lowest BCUT2D eigenvalue weighted by atomic mass is 9.85. The molecule has 0 aromatic rings. The first kappa shape index (κ1) is 28.1. The number of hydrogen-bond donors (Lipinski definition) is 9. The van der Waals surface area contributed by atoms with Gasteiger partial charge in [-0.3, -0.25) is 9.59 Å². The van der Waals surface area contributed by atoms with Crippen molar-refractivity contribution in [2.75, 3.05) is 13.2 Å². The largest absolute Gasteiger partial charge is 0.477 e. The van der Waals surface area contributed by atoms with E-state index < -0.39 is 91.9 Å². The number of amides is 2. The third-order valence-corrected chi connectivity index (χ3v) is 4.80. The van der Waals surface area contributed by atoms with Crippen LogP contribution in [0.15, 0.2) is 0 Å². The summed E-state index contributed by atoms with van der Waals surface area (Å²) in [5, 5.41) is 73.7. The minimum Gasteiger partial charge on any atom is -0.477 e. The molecule has 1 fully saturated rings. The lowest BCUT2D eigenvalue weighted by molar-refractivity contribution is -0.343. The monoisotopic (exact) mass is 468 g/mol. The fourth-order valence-electron chi connectivity index (χ4n) is 3.28. The van der Waals surface area contributed by atoms with Gasteiger partial charge in [-0.05, 0) is 13.8 Å². The van der Waals surface area contributed by atoms with Gasteiger partial charge in [-0.2, -0.15) is 0 Å². The lowest BCUT2D eigenvalue weighted by Gasteiger charge is -2.50. The van der Waals surface area contributed by atoms with Gasteiger partial charge in [0.2, 0.25) is 11.8 Å². The Hall–Kier alpha value is -1.91. The molecule has 0 aromatic carbocycles. The predicted octanol–water partition coefficient (Wildman–Crippen LogP) is -4.60. The average Bonchev–Trinajstić information content (AvgIpc) is 2.68. The van der Waals surface area contributed by atoms with Crippen LogP contribution in [0.5, 0.6) is 0 Å². The fraction of sp³-hybridized carbons (Fsp3) is 0.833. The first-order valence-corrected chi connectivity index (χ1v) is 9.89. The van der Waals surface area contributed by atoms with Crippen molar-refractivity contribution in [1.29, 1.82) is 0 Å². The van der Waals surface area contributed by atoms with Crippen molar-refractivity contribution in [2.24, 2.45) is 0 Å². The van der Waals surface area contributed by atoms with Gasteiger partial charge in [0.15, 0.2) is 0 Å². The normalized spacial score (nSPS) is 31.8. The summed E-state index contributed by atoms with van der Waals surface area (Å²) in [6.07, 6.45) is -10.4. The zero-order chi connectivity index (χ0) is 24.8. The van der Waals surface area contributed by atoms with Gasteiger partial charge in [0.05, 0.1) is 43.9 Å². The molecule has 9 atom stereocenters. The molecule has 32 heavy (non-hydrogen) atoms. The Bertz CT molecular complexity index is 660. The summed E-state index contributed by atoms with van der Waals surface area (Å²) in [5.41, 5.74) is 0. The number of carbonyl (C=O) groups is 3. The predicted molar refractivity (Wildman–Crippen MR) is 104 cm³/mol. The number of rotatable bonds is 11. The van der Waals surface area contributed by atoms with Crippen LogP contribution in [0.4, 0.5) is 0 Å². The molecule has 1 heterocycles. The van der Waals surface area contributed by atoms with Crippen molar-refractivity contribution < 1.29 is 59.6 Å². The summed E-state index contributed by atoms with van der Waals surface area (Å²) >= 11 is 0. The second-order valence-corrected chi connectivity index (χ2v) is 7.75. The Labute approximate surface area is 183 Å². The molecule has 0 spiro atoms. The van der Waals surface area contributed by atoms with Crippen LogP contribution in [0, 0.1) is 0 Å². The molecular weight excluding hydrogens is 436 g/mol. The van der Waals surface area contributed by atoms with E-state index >= 15 is 0 Å². The van der Waals surface area contributed by atoms with Gasteiger partial charge in [0, 0.05) is 6.92 Å². The maximum Gasteiger partial charge on any atom is 0.367 e. The van der Waals surface area contributed by atoms with Gasteiger partial charge in [0.25, 0.3) is 5.79 Å². The van der Waals surface area contributed by atoms with Crippen LogP contribution in [-0.2, 0) is 23.9 Å². The molecule has 14 heteroatoms. The average molecular weight is 468 g/mol. The number of carboxylic acid groups (broad SMARTS) is 1. The van der Waals surface area contributed by atoms with Crippen LogP contribution in [0.3, 0.4) is 0 Å². The van der Waals surface area contributed by atoms with Crippen molar-refractivity contribution in [3.05, 3.63) is 0 Å². The molecule has 1 aliphatic heterocycles. The summed E-state index contributed by atoms with van der Waals surface area (Å²) in [4.78, 5) is 35.9. The molecule has 2 amide bonds. The molecule has 0 bridgehead atoms. The zero-order valence-corrected chi connectivity index (χ0v) is 17.9. The number of hydrogen-bond acceptors (Lipinski definition) is 11. The first-order valence-electron chi connectivity index (χ1n) is 9.89. The van der Waals surface area contributed by atoms with Crippen LogP contribution in [0.1, 0.15) is 27.2 Å². The highest BCUT2D eigenvalue weighted by Gasteiger charge is 2.62. The SMILES string of the molecule is CC(=O)N[C@@H]([C@H]1O[C@](OC[C@H](O)CO)(C(=O)O)[C@H](O)[C@@H](O)[C@@H]1NC(=O)C[C@H](C)O)[C@H](C)O. The minimum absolute atomic E-state index is 0.408. The van der Waals surface area contributed by atoms with Crippen molar-refractivity contribution in [3.8, 4) is 0 Å². The van der Waals surface area contributed by atoms with E-state index in [2.05, 4.69) is 10.6 Å². The number of carboxylic acids is 1. The topological polar surface area (TPSA) is 235 Å². The summed E-state index contributed by atoms with van der Waals surface area (Å²) in [6, 6.07) is -2.95. The van der Waals surface area contributed by atoms with E-state index in [0.29, 0.717) is 0 Å². The lowest BCUT2D eigenvalue weighted by Crippen LogP contribution is -2.75. The smallest absolute Gasteiger partial charge is 0.367 e. The van der Waals surface area contributed by atoms with Gasteiger partial charge < -0.3 is 55.9 Å². The van der Waals surface area contributed by atoms with Crippen molar-refractivity contribution in [3.63, 3.8) is 0 Å². The third kappa shape index (κ3) is 6.79. The van der Waals surface area contributed by atoms with E-state index in [4.69, 9.17) is 14.6 Å². The number of aliphatic hydroxyl groups excluding tert-OH is 6. The minimum atomic E-state index is -2.99. The zero-order valence-electron chi connectivity index (χ0n) is 17.9. The van der Waals surface area contributed by atoms with E-state index in [1.165, 1.54) is 13.8 Å². The maximum absolute atomic E-state index is 12.2. The summed E-state index contributed by atoms with van der Waals surface area (Å²) in [6.45, 7) is 2.03. The van der Waals surface area contributed by atoms with Crippen LogP contribution >= 0.6 is 0 Å². The maximum atomic E-state index is 12.2. The quantitative estimate of drug-likeness (QED) is 0.139. The molecule has 9 N–H and O–H groups in total. The number of aliphatic hydroxyl groups is 6. The van der Waals surface area contributed by atoms with Crippen LogP contribution < -0.4 is 10.6 Å². The van der Waals surface area contributed by atoms with Crippen molar-refractivity contribution in [2.45, 2.75) is 81.7 Å². The number of ether oxygens (including phenoxy) is 2. The van der Waals surface area contributed by atoms with Crippen molar-refractivity contribution >= 4 is 17.8 Å². The third-order valence-electron chi connectivity index (χ3n) is 4.80. The molecular formula is C18H32N2O12. The van der Waals surface area contributed by atoms with Crippen LogP contribution in [-0.4, -0.2) is 121 Å². The highest BCUT2D eigenvalue weighted by atomic mass is 16.7. The molecule has 0 saturated carbocycles. The van der Waals surface area contributed by atoms with Crippen molar-refractivity contribution in [1.82, 2.24) is 10.6 Å². The second kappa shape index (κ2) is 11.8. The Morgan fingerprint density at radius 3 is 2.19 bits per heavy atom. The van der Waals surface area contributed by atoms with Gasteiger partial charge >= 0.3 is 5.97 Å². The summed E-state index contributed by atoms with van der Waals surface area (Å²) in [7, 11) is 0. The van der Waals surface area contributed by atoms with Gasteiger partial charge in [-0.15, -0.1) is 0 Å². The first-order chi connectivity index (χ1) is 14.8. The molecule has 14 nitrogen and oxygen atoms in total. The molecule has 0 radical (unpaired) electrons. The van der Waals surface area contributed by atoms with E-state index in [0.717, 1.165) is 6.92 Å². The summed E-state index contributed by atoms with van der Waals surface area (Å²) in [5.74, 6) is -6.36. The molecule has 0 unspecified atom stereocenters. The van der Waals surface area contributed by atoms with Gasteiger partial charge in [-0.1, -0.05) is 0 Å². The Morgan fingerprint density at radius 2 is 1.75 bits per heavy atom. The van der Waals surface area contributed by atoms with E-state index in [9.17, 15) is 45.0 Å². The number of aliphatic carboxylic acids is 1. The number of nitrogens with one attached hydrogen (secondary N) is 2. The van der Waals surface area contributed by atoms with E-state index in [1.807, 2.05) is 0 Å². The highest BCUT2D eigenvalue weighted by Crippen LogP contribution is 2.34. The number of carbonyl (C=O) groups excluding carboxylic acids is 2. The van der Waals surface area contributed by atoms with E-state index in [1.54, 1.807) is 0 Å². The van der Waals surface area contributed by atoms with Gasteiger partial charge in [0.1, 0.15) is 24.4 Å². The molecule has 0 aromatic heterocycles. The molecule has 186 valence electrons. The second-order valence-electron chi connectivity index (χ2n) is 7.75. The molecule has 1 aliphatic rings. The summed E-state index contributed by atoms with van der Waals surface area (Å²) < 4.78 is 10.5. The Morgan fingerprint density at radius 1 is 1.16 bits per heavy atom. The molecule has 1 saturated heterocycles. The Balaban J connectivity index is 3.44. The standard InChI is InChI=1S/C18H32N2O12/c1-7(22)4-11(26)20-13-14(27)16(28)18(17(29)30,31-6-10(25)5-21)32-15(13)12(8(2)23)19-9(3)24/h7-8,10,12-16,21-23,25,27-28H,4-6H2,1-3H3,(H,19,24)(H,20,26)(H,29,30)/t7-,8-,10+,12+,13-,14-,15+,16+,18-/m0/s1. The fourth-order valence-corrected chi connectivity index (χ4v) is 3.28. The van der Waals surface area contributed by atoms with E-state index in [-0.39, 0.29) is 0 Å². The van der Waals surface area contributed by atoms with Crippen LogP contribution in [0.2, 0.25) is 0 Å². The van der Waals surface area contributed by atoms with Gasteiger partial charge in [-0.25, -0.2) is 4.79 Å². The van der Waals surface area contributed by atoms with Crippen LogP contribution in [0.25, 0.3) is 0 Å². The Kier molecular flexibility index (Phi) is 10.4. The molecule has 1 rings (SSSR count).